The van der Waals surface area contributed by atoms with E-state index >= 15 is 0 Å². The third kappa shape index (κ3) is 2.98. The number of benzene rings is 1. The molecule has 1 unspecified atom stereocenters. The Morgan fingerprint density at radius 3 is 2.85 bits per heavy atom. The number of methoxy groups -OCH3 is 1. The van der Waals surface area contributed by atoms with Crippen LogP contribution in [-0.4, -0.2) is 32.6 Å². The number of hydrogen-bond acceptors (Lipinski definition) is 4. The van der Waals surface area contributed by atoms with E-state index in [1.165, 1.54) is 7.11 Å². The van der Waals surface area contributed by atoms with Gasteiger partial charge in [0.25, 0.3) is 0 Å². The summed E-state index contributed by atoms with van der Waals surface area (Å²) in [6.45, 7) is 0. The first-order valence-electron chi connectivity index (χ1n) is 8.81. The van der Waals surface area contributed by atoms with Crippen molar-refractivity contribution in [3.05, 3.63) is 41.3 Å². The topological polar surface area (TPSA) is 61.9 Å². The first kappa shape index (κ1) is 17.1. The number of ether oxygens (including phenoxy) is 1. The molecule has 0 bridgehead atoms. The molecule has 26 heavy (non-hydrogen) atoms. The molecule has 1 aromatic carbocycles. The lowest BCUT2D eigenvalue weighted by molar-refractivity contribution is -0.146. The van der Waals surface area contributed by atoms with Crippen LogP contribution in [0, 0.1) is 5.92 Å². The quantitative estimate of drug-likeness (QED) is 0.655. The smallest absolute Gasteiger partial charge is 0.308 e. The van der Waals surface area contributed by atoms with Crippen LogP contribution in [0.1, 0.15) is 37.2 Å². The van der Waals surface area contributed by atoms with Crippen LogP contribution in [0.15, 0.2) is 30.7 Å². The zero-order valence-electron chi connectivity index (χ0n) is 14.9. The summed E-state index contributed by atoms with van der Waals surface area (Å²) in [4.78, 5) is 12.0. The molecular weight excluding hydrogens is 352 g/mol. The molecule has 0 amide bonds. The maximum absolute atomic E-state index is 12.0. The molecule has 1 aliphatic carbocycles. The summed E-state index contributed by atoms with van der Waals surface area (Å²) in [6, 6.07) is 4.08. The first-order valence-corrected chi connectivity index (χ1v) is 9.18. The van der Waals surface area contributed by atoms with Gasteiger partial charge in [0.2, 0.25) is 0 Å². The summed E-state index contributed by atoms with van der Waals surface area (Å²) in [6.07, 6.45) is 9.22. The number of fused-ring (bicyclic) bond motifs is 1. The monoisotopic (exact) mass is 372 g/mol. The molecular formula is C19H21ClN4O2. The number of hydrogen-bond donors (Lipinski definition) is 0. The molecule has 0 saturated heterocycles. The average Bonchev–Trinajstić information content (AvgIpc) is 3.25. The van der Waals surface area contributed by atoms with Gasteiger partial charge in [0.15, 0.2) is 0 Å². The van der Waals surface area contributed by atoms with Gasteiger partial charge in [-0.25, -0.2) is 4.68 Å². The van der Waals surface area contributed by atoms with Gasteiger partial charge < -0.3 is 4.74 Å². The normalized spacial score (nSPS) is 20.4. The number of aromatic nitrogens is 4. The highest BCUT2D eigenvalue weighted by Gasteiger charge is 2.30. The van der Waals surface area contributed by atoms with Gasteiger partial charge in [-0.15, -0.1) is 0 Å². The van der Waals surface area contributed by atoms with Gasteiger partial charge in [0, 0.05) is 17.5 Å². The molecule has 0 radical (unpaired) electrons. The van der Waals surface area contributed by atoms with Crippen molar-refractivity contribution in [3.63, 3.8) is 0 Å². The molecule has 1 aliphatic rings. The highest BCUT2D eigenvalue weighted by Crippen LogP contribution is 2.41. The van der Waals surface area contributed by atoms with Crippen LogP contribution in [0.3, 0.4) is 0 Å². The van der Waals surface area contributed by atoms with Crippen LogP contribution in [-0.2, 0) is 16.6 Å². The minimum absolute atomic E-state index is 0.0475. The molecule has 0 aliphatic heterocycles. The third-order valence-corrected chi connectivity index (χ3v) is 5.60. The lowest BCUT2D eigenvalue weighted by Gasteiger charge is -2.28. The Bertz CT molecular complexity index is 962. The van der Waals surface area contributed by atoms with Gasteiger partial charge >= 0.3 is 5.97 Å². The van der Waals surface area contributed by atoms with E-state index in [0.717, 1.165) is 52.9 Å². The van der Waals surface area contributed by atoms with Crippen molar-refractivity contribution in [1.29, 1.82) is 0 Å². The molecule has 4 rings (SSSR count). The van der Waals surface area contributed by atoms with Gasteiger partial charge in [0.1, 0.15) is 5.69 Å². The fourth-order valence-electron chi connectivity index (χ4n) is 3.95. The number of rotatable bonds is 3. The van der Waals surface area contributed by atoms with Crippen LogP contribution >= 0.6 is 11.6 Å². The van der Waals surface area contributed by atoms with E-state index in [1.54, 1.807) is 10.9 Å². The van der Waals surface area contributed by atoms with Crippen molar-refractivity contribution >= 4 is 28.5 Å². The molecule has 1 saturated carbocycles. The maximum Gasteiger partial charge on any atom is 0.308 e. The predicted molar refractivity (Wildman–Crippen MR) is 99.6 cm³/mol. The minimum atomic E-state index is -0.118. The largest absolute Gasteiger partial charge is 0.469 e. The van der Waals surface area contributed by atoms with Crippen LogP contribution in [0.25, 0.3) is 16.6 Å². The van der Waals surface area contributed by atoms with Crippen molar-refractivity contribution in [2.45, 2.75) is 31.6 Å². The summed E-state index contributed by atoms with van der Waals surface area (Å²) in [5.41, 5.74) is 2.99. The number of aryl methyl sites for hydroxylation is 1. The number of nitrogens with zero attached hydrogens (tertiary/aromatic N) is 4. The average molecular weight is 373 g/mol. The van der Waals surface area contributed by atoms with Crippen molar-refractivity contribution in [2.24, 2.45) is 13.0 Å². The van der Waals surface area contributed by atoms with Crippen molar-refractivity contribution in [3.8, 4) is 5.69 Å². The minimum Gasteiger partial charge on any atom is -0.469 e. The SMILES string of the molecule is COC(=O)[C@H]1CCCC(c2cc3c(cnn3-c3cnn(C)c3)cc2Cl)C1. The van der Waals surface area contributed by atoms with E-state index in [0.29, 0.717) is 0 Å². The molecule has 2 atom stereocenters. The molecule has 7 heteroatoms. The Balaban J connectivity index is 1.73. The summed E-state index contributed by atoms with van der Waals surface area (Å²) < 4.78 is 8.58. The van der Waals surface area contributed by atoms with Gasteiger partial charge in [-0.05, 0) is 42.9 Å². The molecule has 2 heterocycles. The Hall–Kier alpha value is -2.34. The van der Waals surface area contributed by atoms with E-state index in [4.69, 9.17) is 16.3 Å². The van der Waals surface area contributed by atoms with Gasteiger partial charge in [-0.3, -0.25) is 9.48 Å². The fourth-order valence-corrected chi connectivity index (χ4v) is 4.28. The van der Waals surface area contributed by atoms with Crippen molar-refractivity contribution < 1.29 is 9.53 Å². The van der Waals surface area contributed by atoms with Crippen LogP contribution in [0.4, 0.5) is 0 Å². The standard InChI is InChI=1S/C19H21ClN4O2/c1-23-11-15(10-21-23)24-18-8-16(17(20)7-14(18)9-22-24)12-4-3-5-13(6-12)19(25)26-2/h7-13H,3-6H2,1-2H3/t12?,13-/m0/s1. The third-order valence-electron chi connectivity index (χ3n) is 5.27. The van der Waals surface area contributed by atoms with E-state index in [9.17, 15) is 4.79 Å². The molecule has 136 valence electrons. The number of esters is 1. The molecule has 2 aromatic heterocycles. The fraction of sp³-hybridized carbons (Fsp3) is 0.421. The van der Waals surface area contributed by atoms with Crippen molar-refractivity contribution in [2.75, 3.05) is 7.11 Å². The highest BCUT2D eigenvalue weighted by atomic mass is 35.5. The zero-order chi connectivity index (χ0) is 18.3. The summed E-state index contributed by atoms with van der Waals surface area (Å²) in [5, 5.41) is 10.4. The summed E-state index contributed by atoms with van der Waals surface area (Å²) in [7, 11) is 3.34. The zero-order valence-corrected chi connectivity index (χ0v) is 15.6. The predicted octanol–water partition coefficient (Wildman–Crippen LogP) is 3.86. The second kappa shape index (κ2) is 6.76. The molecule has 6 nitrogen and oxygen atoms in total. The lowest BCUT2D eigenvalue weighted by Crippen LogP contribution is -2.23. The van der Waals surface area contributed by atoms with E-state index < -0.39 is 0 Å². The maximum atomic E-state index is 12.0. The molecule has 1 fully saturated rings. The number of carbonyl (C=O) groups excluding carboxylic acids is 1. The first-order chi connectivity index (χ1) is 12.6. The van der Waals surface area contributed by atoms with E-state index in [1.807, 2.05) is 30.2 Å². The second-order valence-electron chi connectivity index (χ2n) is 6.94. The van der Waals surface area contributed by atoms with Gasteiger partial charge in [0.05, 0.1) is 37.1 Å². The Labute approximate surface area is 156 Å². The van der Waals surface area contributed by atoms with E-state index in [-0.39, 0.29) is 17.8 Å². The molecule has 0 spiro atoms. The van der Waals surface area contributed by atoms with Crippen LogP contribution in [0.5, 0.6) is 0 Å². The number of carbonyl (C=O) groups is 1. The van der Waals surface area contributed by atoms with Crippen LogP contribution in [0.2, 0.25) is 5.02 Å². The Morgan fingerprint density at radius 2 is 2.12 bits per heavy atom. The second-order valence-corrected chi connectivity index (χ2v) is 7.35. The molecule has 3 aromatic rings. The summed E-state index contributed by atoms with van der Waals surface area (Å²) in [5.74, 6) is 0.0862. The number of halogens is 1. The van der Waals surface area contributed by atoms with E-state index in [2.05, 4.69) is 16.3 Å². The van der Waals surface area contributed by atoms with Gasteiger partial charge in [-0.1, -0.05) is 18.0 Å². The van der Waals surface area contributed by atoms with Crippen LogP contribution < -0.4 is 0 Å². The highest BCUT2D eigenvalue weighted by molar-refractivity contribution is 6.32. The summed E-state index contributed by atoms with van der Waals surface area (Å²) >= 11 is 6.59. The van der Waals surface area contributed by atoms with Crippen molar-refractivity contribution in [1.82, 2.24) is 19.6 Å². The molecule has 0 N–H and O–H groups in total. The van der Waals surface area contributed by atoms with Gasteiger partial charge in [-0.2, -0.15) is 10.2 Å². The Morgan fingerprint density at radius 1 is 1.27 bits per heavy atom. The Kier molecular flexibility index (Phi) is 4.44. The lowest BCUT2D eigenvalue weighted by atomic mass is 9.78.